The topological polar surface area (TPSA) is 68.5 Å². The first-order chi connectivity index (χ1) is 15.9. The summed E-state index contributed by atoms with van der Waals surface area (Å²) in [6, 6.07) is 20.7. The fourth-order valence-corrected chi connectivity index (χ4v) is 4.05. The minimum Gasteiger partial charge on any atom is -0.325 e. The summed E-state index contributed by atoms with van der Waals surface area (Å²) >= 11 is 0. The van der Waals surface area contributed by atoms with Gasteiger partial charge in [-0.1, -0.05) is 48.0 Å². The quantitative estimate of drug-likeness (QED) is 0.367. The maximum absolute atomic E-state index is 4.94. The lowest BCUT2D eigenvalue weighted by Gasteiger charge is -2.13. The number of hydrogen-bond donors (Lipinski definition) is 1. The molecule has 0 aliphatic rings. The van der Waals surface area contributed by atoms with E-state index in [1.165, 1.54) is 5.56 Å². The molecule has 0 fully saturated rings. The van der Waals surface area contributed by atoms with Gasteiger partial charge in [-0.15, -0.1) is 0 Å². The molecule has 5 aromatic rings. The average Bonchev–Trinajstić information content (AvgIpc) is 3.14. The lowest BCUT2D eigenvalue weighted by Crippen LogP contribution is -2.07. The number of nitrogens with one attached hydrogen (secondary N) is 1. The lowest BCUT2D eigenvalue weighted by atomic mass is 10.1. The molecule has 3 heterocycles. The minimum atomic E-state index is 0.702. The number of anilines is 2. The maximum atomic E-state index is 4.94. The van der Waals surface area contributed by atoms with E-state index in [1.807, 2.05) is 30.7 Å². The van der Waals surface area contributed by atoms with E-state index >= 15 is 0 Å². The van der Waals surface area contributed by atoms with Crippen LogP contribution in [0, 0.1) is 34.6 Å². The highest BCUT2D eigenvalue weighted by atomic mass is 15.4. The molecule has 0 radical (unpaired) electrons. The summed E-state index contributed by atoms with van der Waals surface area (Å²) in [4.78, 5) is 14.2. The first-order valence-corrected chi connectivity index (χ1v) is 11.0. The van der Waals surface area contributed by atoms with Gasteiger partial charge >= 0.3 is 0 Å². The van der Waals surface area contributed by atoms with Crippen LogP contribution in [-0.2, 0) is 0 Å². The van der Waals surface area contributed by atoms with E-state index in [2.05, 4.69) is 84.6 Å². The third kappa shape index (κ3) is 4.07. The normalized spacial score (nSPS) is 11.2. The molecule has 0 amide bonds. The van der Waals surface area contributed by atoms with E-state index in [1.54, 1.807) is 0 Å². The molecule has 2 aromatic carbocycles. The second-order valence-electron chi connectivity index (χ2n) is 8.53. The molecule has 0 aliphatic carbocycles. The third-order valence-electron chi connectivity index (χ3n) is 5.72. The van der Waals surface area contributed by atoms with Gasteiger partial charge in [-0.2, -0.15) is 9.78 Å². The number of benzene rings is 2. The number of fused-ring (bicyclic) bond motifs is 1. The summed E-state index contributed by atoms with van der Waals surface area (Å²) in [5.41, 5.74) is 7.35. The van der Waals surface area contributed by atoms with Crippen molar-refractivity contribution in [2.75, 3.05) is 5.32 Å². The first kappa shape index (κ1) is 20.8. The van der Waals surface area contributed by atoms with E-state index in [0.29, 0.717) is 11.6 Å². The molecule has 1 N–H and O–H groups in total. The van der Waals surface area contributed by atoms with Gasteiger partial charge in [-0.25, -0.2) is 15.0 Å². The van der Waals surface area contributed by atoms with Crippen LogP contribution in [0.5, 0.6) is 0 Å². The van der Waals surface area contributed by atoms with E-state index in [0.717, 1.165) is 50.6 Å². The zero-order valence-corrected chi connectivity index (χ0v) is 19.5. The Morgan fingerprint density at radius 3 is 2.33 bits per heavy atom. The van der Waals surface area contributed by atoms with Gasteiger partial charge in [0.1, 0.15) is 17.5 Å². The first-order valence-electron chi connectivity index (χ1n) is 11.0. The Balaban J connectivity index is 1.57. The van der Waals surface area contributed by atoms with Gasteiger partial charge in [0, 0.05) is 23.1 Å². The van der Waals surface area contributed by atoms with Crippen LogP contribution in [-0.4, -0.2) is 24.7 Å². The molecule has 0 spiro atoms. The average molecular weight is 435 g/mol. The van der Waals surface area contributed by atoms with Gasteiger partial charge in [-0.3, -0.25) is 0 Å². The van der Waals surface area contributed by atoms with E-state index in [4.69, 9.17) is 10.1 Å². The number of pyridine rings is 1. The fraction of sp³-hybridized carbons (Fsp3) is 0.185. The Morgan fingerprint density at radius 2 is 1.55 bits per heavy atom. The molecule has 5 rings (SSSR count). The van der Waals surface area contributed by atoms with Crippen LogP contribution in [0.2, 0.25) is 0 Å². The molecule has 0 atom stereocenters. The van der Waals surface area contributed by atoms with Crippen LogP contribution in [0.4, 0.5) is 11.6 Å². The van der Waals surface area contributed by atoms with Crippen molar-refractivity contribution < 1.29 is 0 Å². The van der Waals surface area contributed by atoms with E-state index in [9.17, 15) is 0 Å². The van der Waals surface area contributed by atoms with Crippen molar-refractivity contribution >= 4 is 22.5 Å². The smallest absolute Gasteiger partial charge is 0.156 e. The molecular weight excluding hydrogens is 408 g/mol. The van der Waals surface area contributed by atoms with Crippen LogP contribution in [0.25, 0.3) is 28.0 Å². The van der Waals surface area contributed by atoms with Crippen molar-refractivity contribution in [3.8, 4) is 17.1 Å². The second kappa shape index (κ2) is 8.13. The van der Waals surface area contributed by atoms with Gasteiger partial charge in [-0.05, 0) is 51.8 Å². The van der Waals surface area contributed by atoms with E-state index in [-0.39, 0.29) is 0 Å². The van der Waals surface area contributed by atoms with Crippen molar-refractivity contribution in [2.45, 2.75) is 34.6 Å². The summed E-state index contributed by atoms with van der Waals surface area (Å²) in [5.74, 6) is 3.00. The highest BCUT2D eigenvalue weighted by Crippen LogP contribution is 2.27. The number of aromatic nitrogens is 5. The molecule has 0 bridgehead atoms. The molecular formula is C27H26N6. The highest BCUT2D eigenvalue weighted by Gasteiger charge is 2.14. The highest BCUT2D eigenvalue weighted by molar-refractivity contribution is 5.85. The van der Waals surface area contributed by atoms with Gasteiger partial charge in [0.25, 0.3) is 0 Å². The summed E-state index contributed by atoms with van der Waals surface area (Å²) in [5, 5.41) is 9.32. The Kier molecular flexibility index (Phi) is 5.13. The summed E-state index contributed by atoms with van der Waals surface area (Å²) < 4.78 is 1.84. The number of aryl methyl sites for hydroxylation is 5. The van der Waals surface area contributed by atoms with Crippen molar-refractivity contribution in [1.82, 2.24) is 24.7 Å². The van der Waals surface area contributed by atoms with Gasteiger partial charge < -0.3 is 5.32 Å². The number of para-hydroxylation sites is 1. The predicted octanol–water partition coefficient (Wildman–Crippen LogP) is 6.16. The molecule has 3 aromatic heterocycles. The van der Waals surface area contributed by atoms with Gasteiger partial charge in [0.05, 0.1) is 16.9 Å². The molecule has 0 aliphatic heterocycles. The summed E-state index contributed by atoms with van der Waals surface area (Å²) in [6.45, 7) is 10.2. The van der Waals surface area contributed by atoms with Crippen LogP contribution < -0.4 is 5.32 Å². The molecule has 164 valence electrons. The zero-order chi connectivity index (χ0) is 23.1. The molecule has 6 heteroatoms. The largest absolute Gasteiger partial charge is 0.325 e. The number of rotatable bonds is 4. The van der Waals surface area contributed by atoms with Gasteiger partial charge in [0.15, 0.2) is 5.82 Å². The van der Waals surface area contributed by atoms with Crippen LogP contribution in [0.3, 0.4) is 0 Å². The summed E-state index contributed by atoms with van der Waals surface area (Å²) in [6.07, 6.45) is 0. The fourth-order valence-electron chi connectivity index (χ4n) is 4.05. The van der Waals surface area contributed by atoms with Crippen molar-refractivity contribution in [1.29, 1.82) is 0 Å². The third-order valence-corrected chi connectivity index (χ3v) is 5.72. The Morgan fingerprint density at radius 1 is 0.758 bits per heavy atom. The number of hydrogen-bond acceptors (Lipinski definition) is 5. The Bertz CT molecular complexity index is 1480. The summed E-state index contributed by atoms with van der Waals surface area (Å²) in [7, 11) is 0. The monoisotopic (exact) mass is 434 g/mol. The minimum absolute atomic E-state index is 0.702. The zero-order valence-electron chi connectivity index (χ0n) is 19.5. The Hall–Kier alpha value is -4.06. The predicted molar refractivity (Wildman–Crippen MR) is 133 cm³/mol. The van der Waals surface area contributed by atoms with Crippen molar-refractivity contribution in [3.63, 3.8) is 0 Å². The maximum Gasteiger partial charge on any atom is 0.156 e. The SMILES string of the molecule is Cc1ccc(-c2cc(Nc3cc(C)nn3-c3cc(C)c4cccc(C)c4n3)nc(C)n2)cc1. The standard InChI is InChI=1S/C27H26N6/c1-16-9-11-21(12-10-16)23-15-24(29-20(5)28-23)30-26-14-19(4)32-33(26)25-13-18(3)22-8-6-7-17(2)27(22)31-25/h6-15H,1-5H3,(H,28,29,30). The van der Waals surface area contributed by atoms with Crippen molar-refractivity contribution in [2.24, 2.45) is 0 Å². The lowest BCUT2D eigenvalue weighted by molar-refractivity contribution is 0.841. The van der Waals surface area contributed by atoms with Crippen LogP contribution in [0.15, 0.2) is 60.7 Å². The molecule has 0 saturated heterocycles. The van der Waals surface area contributed by atoms with Gasteiger partial charge in [0.2, 0.25) is 0 Å². The van der Waals surface area contributed by atoms with Crippen LogP contribution in [0.1, 0.15) is 28.2 Å². The molecule has 0 unspecified atom stereocenters. The Labute approximate surface area is 193 Å². The molecule has 33 heavy (non-hydrogen) atoms. The molecule has 6 nitrogen and oxygen atoms in total. The second-order valence-corrected chi connectivity index (χ2v) is 8.53. The van der Waals surface area contributed by atoms with Crippen molar-refractivity contribution in [3.05, 3.63) is 88.9 Å². The number of nitrogens with zero attached hydrogens (tertiary/aromatic N) is 5. The van der Waals surface area contributed by atoms with Crippen LogP contribution >= 0.6 is 0 Å². The molecule has 0 saturated carbocycles. The van der Waals surface area contributed by atoms with E-state index < -0.39 is 0 Å².